The number of ether oxygens (including phenoxy) is 1. The fraction of sp³-hybridized carbons (Fsp3) is 0.429. The highest BCUT2D eigenvalue weighted by molar-refractivity contribution is 5.26. The summed E-state index contributed by atoms with van der Waals surface area (Å²) in [5.41, 5.74) is 1.21. The van der Waals surface area contributed by atoms with Crippen molar-refractivity contribution in [1.29, 1.82) is 0 Å². The van der Waals surface area contributed by atoms with Crippen molar-refractivity contribution < 1.29 is 9.26 Å². The summed E-state index contributed by atoms with van der Waals surface area (Å²) in [6, 6.07) is 7.90. The molecular formula is C14H17N3O2. The van der Waals surface area contributed by atoms with Crippen molar-refractivity contribution in [3.05, 3.63) is 41.5 Å². The predicted octanol–water partition coefficient (Wildman–Crippen LogP) is 2.03. The molecule has 1 aromatic heterocycles. The Balaban J connectivity index is 1.59. The van der Waals surface area contributed by atoms with Crippen LogP contribution in [0.1, 0.15) is 29.6 Å². The Morgan fingerprint density at radius 2 is 2.21 bits per heavy atom. The van der Waals surface area contributed by atoms with Crippen molar-refractivity contribution in [2.75, 3.05) is 13.1 Å². The minimum atomic E-state index is 0.316. The monoisotopic (exact) mass is 259 g/mol. The van der Waals surface area contributed by atoms with Crippen LogP contribution in [-0.2, 0) is 6.61 Å². The second-order valence-electron chi connectivity index (χ2n) is 4.84. The number of nitrogens with zero attached hydrogens (tertiary/aromatic N) is 2. The van der Waals surface area contributed by atoms with Gasteiger partial charge in [0.15, 0.2) is 12.4 Å². The quantitative estimate of drug-likeness (QED) is 0.910. The Bertz CT molecular complexity index is 530. The molecule has 3 rings (SSSR count). The van der Waals surface area contributed by atoms with Crippen LogP contribution in [0.3, 0.4) is 0 Å². The smallest absolute Gasteiger partial charge is 0.264 e. The molecule has 1 N–H and O–H groups in total. The minimum absolute atomic E-state index is 0.316. The van der Waals surface area contributed by atoms with Gasteiger partial charge in [-0.05, 0) is 32.0 Å². The van der Waals surface area contributed by atoms with E-state index in [-0.39, 0.29) is 0 Å². The number of benzene rings is 1. The van der Waals surface area contributed by atoms with Crippen molar-refractivity contribution in [3.63, 3.8) is 0 Å². The van der Waals surface area contributed by atoms with Gasteiger partial charge >= 0.3 is 0 Å². The first-order valence-electron chi connectivity index (χ1n) is 6.54. The van der Waals surface area contributed by atoms with Crippen LogP contribution in [0.25, 0.3) is 0 Å². The Labute approximate surface area is 112 Å². The summed E-state index contributed by atoms with van der Waals surface area (Å²) in [6.07, 6.45) is 1.07. The Hall–Kier alpha value is -1.88. The second kappa shape index (κ2) is 5.40. The lowest BCUT2D eigenvalue weighted by Gasteiger charge is -2.02. The molecule has 1 aliphatic rings. The van der Waals surface area contributed by atoms with Gasteiger partial charge in [-0.3, -0.25) is 0 Å². The Morgan fingerprint density at radius 1 is 1.37 bits per heavy atom. The number of hydrogen-bond acceptors (Lipinski definition) is 5. The molecule has 0 aliphatic carbocycles. The minimum Gasteiger partial charge on any atom is -0.484 e. The van der Waals surface area contributed by atoms with Crippen molar-refractivity contribution in [3.8, 4) is 5.75 Å². The van der Waals surface area contributed by atoms with E-state index in [0.29, 0.717) is 18.4 Å². The lowest BCUT2D eigenvalue weighted by molar-refractivity contribution is 0.242. The number of aromatic nitrogens is 2. The van der Waals surface area contributed by atoms with Crippen molar-refractivity contribution in [2.24, 2.45) is 0 Å². The zero-order chi connectivity index (χ0) is 13.1. The van der Waals surface area contributed by atoms with Gasteiger partial charge in [-0.25, -0.2) is 0 Å². The van der Waals surface area contributed by atoms with E-state index in [0.717, 1.165) is 31.1 Å². The molecule has 1 saturated heterocycles. The average Bonchev–Trinajstić information content (AvgIpc) is 3.09. The first-order valence-corrected chi connectivity index (χ1v) is 6.54. The molecule has 1 aliphatic heterocycles. The van der Waals surface area contributed by atoms with Gasteiger partial charge in [0.25, 0.3) is 5.89 Å². The highest BCUT2D eigenvalue weighted by atomic mass is 16.5. The normalized spacial score (nSPS) is 18.7. The van der Waals surface area contributed by atoms with Crippen LogP contribution >= 0.6 is 0 Å². The van der Waals surface area contributed by atoms with Crippen LogP contribution in [0.2, 0.25) is 0 Å². The first-order chi connectivity index (χ1) is 9.31. The highest BCUT2D eigenvalue weighted by Crippen LogP contribution is 2.19. The highest BCUT2D eigenvalue weighted by Gasteiger charge is 2.22. The third-order valence-corrected chi connectivity index (χ3v) is 3.29. The first kappa shape index (κ1) is 12.2. The molecule has 0 spiro atoms. The molecule has 5 nitrogen and oxygen atoms in total. The zero-order valence-corrected chi connectivity index (χ0v) is 10.9. The van der Waals surface area contributed by atoms with E-state index < -0.39 is 0 Å². The summed E-state index contributed by atoms with van der Waals surface area (Å²) in [7, 11) is 0. The molecule has 1 fully saturated rings. The molecule has 5 heteroatoms. The number of nitrogens with one attached hydrogen (secondary N) is 1. The summed E-state index contributed by atoms with van der Waals surface area (Å²) in [5, 5.41) is 7.31. The van der Waals surface area contributed by atoms with Gasteiger partial charge < -0.3 is 14.6 Å². The summed E-state index contributed by atoms with van der Waals surface area (Å²) in [5.74, 6) is 2.50. The zero-order valence-electron chi connectivity index (χ0n) is 10.9. The number of hydrogen-bond donors (Lipinski definition) is 1. The molecular weight excluding hydrogens is 242 g/mol. The van der Waals surface area contributed by atoms with Crippen LogP contribution in [-0.4, -0.2) is 23.2 Å². The number of aryl methyl sites for hydroxylation is 1. The molecule has 1 atom stereocenters. The third-order valence-electron chi connectivity index (χ3n) is 3.29. The molecule has 2 heterocycles. The van der Waals surface area contributed by atoms with E-state index >= 15 is 0 Å². The molecule has 19 heavy (non-hydrogen) atoms. The van der Waals surface area contributed by atoms with Crippen molar-refractivity contribution in [1.82, 2.24) is 15.5 Å². The predicted molar refractivity (Wildman–Crippen MR) is 70.0 cm³/mol. The largest absolute Gasteiger partial charge is 0.484 e. The summed E-state index contributed by atoms with van der Waals surface area (Å²) in [6.45, 7) is 4.31. The van der Waals surface area contributed by atoms with E-state index in [2.05, 4.69) is 15.5 Å². The molecule has 2 aromatic rings. The summed E-state index contributed by atoms with van der Waals surface area (Å²) < 4.78 is 10.8. The van der Waals surface area contributed by atoms with E-state index in [1.165, 1.54) is 5.56 Å². The average molecular weight is 259 g/mol. The van der Waals surface area contributed by atoms with E-state index in [1.54, 1.807) is 0 Å². The SMILES string of the molecule is Cc1ccc(OCc2nc(C3CCNC3)no2)cc1. The van der Waals surface area contributed by atoms with E-state index in [1.807, 2.05) is 31.2 Å². The van der Waals surface area contributed by atoms with Gasteiger partial charge in [0, 0.05) is 12.5 Å². The standard InChI is InChI=1S/C14H17N3O2/c1-10-2-4-12(5-3-10)18-9-13-16-14(17-19-13)11-6-7-15-8-11/h2-5,11,15H,6-9H2,1H3. The van der Waals surface area contributed by atoms with Gasteiger partial charge in [-0.1, -0.05) is 22.9 Å². The molecule has 100 valence electrons. The molecule has 0 radical (unpaired) electrons. The Kier molecular flexibility index (Phi) is 3.46. The third kappa shape index (κ3) is 2.93. The summed E-state index contributed by atoms with van der Waals surface area (Å²) >= 11 is 0. The van der Waals surface area contributed by atoms with Gasteiger partial charge in [0.05, 0.1) is 0 Å². The molecule has 0 saturated carbocycles. The Morgan fingerprint density at radius 3 is 2.95 bits per heavy atom. The molecule has 1 aromatic carbocycles. The van der Waals surface area contributed by atoms with Gasteiger partial charge in [-0.2, -0.15) is 4.98 Å². The second-order valence-corrected chi connectivity index (χ2v) is 4.84. The lowest BCUT2D eigenvalue weighted by Crippen LogP contribution is -2.08. The van der Waals surface area contributed by atoms with Crippen LogP contribution < -0.4 is 10.1 Å². The van der Waals surface area contributed by atoms with Crippen LogP contribution in [0.4, 0.5) is 0 Å². The maximum absolute atomic E-state index is 5.61. The maximum atomic E-state index is 5.61. The fourth-order valence-electron chi connectivity index (χ4n) is 2.15. The molecule has 0 bridgehead atoms. The lowest BCUT2D eigenvalue weighted by atomic mass is 10.1. The van der Waals surface area contributed by atoms with Crippen LogP contribution in [0.5, 0.6) is 5.75 Å². The van der Waals surface area contributed by atoms with Crippen LogP contribution in [0.15, 0.2) is 28.8 Å². The van der Waals surface area contributed by atoms with E-state index in [9.17, 15) is 0 Å². The van der Waals surface area contributed by atoms with Crippen LogP contribution in [0, 0.1) is 6.92 Å². The topological polar surface area (TPSA) is 60.2 Å². The van der Waals surface area contributed by atoms with Gasteiger partial charge in [0.1, 0.15) is 5.75 Å². The number of rotatable bonds is 4. The van der Waals surface area contributed by atoms with E-state index in [4.69, 9.17) is 9.26 Å². The van der Waals surface area contributed by atoms with Crippen molar-refractivity contribution in [2.45, 2.75) is 25.9 Å². The molecule has 1 unspecified atom stereocenters. The fourth-order valence-corrected chi connectivity index (χ4v) is 2.15. The van der Waals surface area contributed by atoms with Gasteiger partial charge in [-0.15, -0.1) is 0 Å². The summed E-state index contributed by atoms with van der Waals surface area (Å²) in [4.78, 5) is 4.38. The molecule has 0 amide bonds. The maximum Gasteiger partial charge on any atom is 0.264 e. The van der Waals surface area contributed by atoms with Gasteiger partial charge in [0.2, 0.25) is 0 Å². The van der Waals surface area contributed by atoms with Crippen molar-refractivity contribution >= 4 is 0 Å².